The molecule has 2 aliphatic carbocycles. The van der Waals surface area contributed by atoms with E-state index in [0.717, 1.165) is 6.42 Å². The molecule has 0 aromatic carbocycles. The van der Waals surface area contributed by atoms with Gasteiger partial charge in [-0.05, 0) is 42.4 Å². The van der Waals surface area contributed by atoms with Crippen LogP contribution in [0.4, 0.5) is 0 Å². The third-order valence-electron chi connectivity index (χ3n) is 4.03. The Balaban J connectivity index is 2.17. The lowest BCUT2D eigenvalue weighted by Gasteiger charge is -2.57. The van der Waals surface area contributed by atoms with Crippen LogP contribution in [-0.4, -0.2) is 11.2 Å². The number of aliphatic hydroxyl groups is 1. The molecule has 0 saturated heterocycles. The van der Waals surface area contributed by atoms with Gasteiger partial charge in [0, 0.05) is 0 Å². The minimum Gasteiger partial charge on any atom is -0.393 e. The van der Waals surface area contributed by atoms with Crippen LogP contribution in [-0.2, 0) is 0 Å². The van der Waals surface area contributed by atoms with Crippen molar-refractivity contribution in [2.45, 2.75) is 52.6 Å². The maximum Gasteiger partial charge on any atom is 0.0578 e. The van der Waals surface area contributed by atoms with Gasteiger partial charge in [0.05, 0.1) is 6.10 Å². The average Bonchev–Trinajstić information content (AvgIpc) is 1.79. The van der Waals surface area contributed by atoms with Crippen molar-refractivity contribution in [3.8, 4) is 0 Å². The Morgan fingerprint density at radius 2 is 1.92 bits per heavy atom. The van der Waals surface area contributed by atoms with Crippen molar-refractivity contribution in [1.82, 2.24) is 0 Å². The smallest absolute Gasteiger partial charge is 0.0578 e. The first-order valence-electron chi connectivity index (χ1n) is 5.11. The zero-order valence-electron chi connectivity index (χ0n) is 8.43. The highest BCUT2D eigenvalue weighted by Crippen LogP contribution is 2.59. The van der Waals surface area contributed by atoms with Crippen LogP contribution in [0, 0.1) is 16.7 Å². The molecule has 12 heavy (non-hydrogen) atoms. The summed E-state index contributed by atoms with van der Waals surface area (Å²) in [5.74, 6) is 0.616. The Kier molecular flexibility index (Phi) is 1.61. The molecule has 2 saturated carbocycles. The highest BCUT2D eigenvalue weighted by molar-refractivity contribution is 5.03. The fourth-order valence-electron chi connectivity index (χ4n) is 3.55. The summed E-state index contributed by atoms with van der Waals surface area (Å²) in [6.07, 6.45) is 4.88. The van der Waals surface area contributed by atoms with Crippen molar-refractivity contribution >= 4 is 0 Å². The van der Waals surface area contributed by atoms with Gasteiger partial charge in [0.25, 0.3) is 0 Å². The lowest BCUT2D eigenvalue weighted by Crippen LogP contribution is -2.52. The van der Waals surface area contributed by atoms with Crippen molar-refractivity contribution in [3.05, 3.63) is 0 Å². The zero-order chi connectivity index (χ0) is 8.98. The maximum absolute atomic E-state index is 9.90. The Labute approximate surface area is 75.2 Å². The number of aliphatic hydroxyl groups excluding tert-OH is 1. The Bertz CT molecular complexity index is 197. The van der Waals surface area contributed by atoms with Crippen LogP contribution >= 0.6 is 0 Å². The monoisotopic (exact) mass is 168 g/mol. The topological polar surface area (TPSA) is 20.2 Å². The van der Waals surface area contributed by atoms with E-state index in [-0.39, 0.29) is 6.10 Å². The molecule has 0 radical (unpaired) electrons. The number of fused-ring (bicyclic) bond motifs is 1. The van der Waals surface area contributed by atoms with E-state index in [2.05, 4.69) is 20.8 Å². The van der Waals surface area contributed by atoms with Crippen molar-refractivity contribution < 1.29 is 5.11 Å². The van der Waals surface area contributed by atoms with Gasteiger partial charge < -0.3 is 5.11 Å². The van der Waals surface area contributed by atoms with Crippen LogP contribution in [0.15, 0.2) is 0 Å². The van der Waals surface area contributed by atoms with E-state index in [9.17, 15) is 5.11 Å². The van der Waals surface area contributed by atoms with E-state index in [1.807, 2.05) is 0 Å². The van der Waals surface area contributed by atoms with E-state index in [0.29, 0.717) is 16.7 Å². The second-order valence-electron chi connectivity index (χ2n) is 5.91. The van der Waals surface area contributed by atoms with Gasteiger partial charge in [-0.1, -0.05) is 20.8 Å². The molecule has 0 bridgehead atoms. The van der Waals surface area contributed by atoms with Crippen LogP contribution in [0.2, 0.25) is 0 Å². The van der Waals surface area contributed by atoms with Gasteiger partial charge in [0.15, 0.2) is 0 Å². The third-order valence-corrected chi connectivity index (χ3v) is 4.03. The molecule has 0 aliphatic heterocycles. The van der Waals surface area contributed by atoms with E-state index >= 15 is 0 Å². The molecular formula is C11H20O. The van der Waals surface area contributed by atoms with Gasteiger partial charge in [0.1, 0.15) is 0 Å². The van der Waals surface area contributed by atoms with Crippen LogP contribution in [0.5, 0.6) is 0 Å². The second-order valence-corrected chi connectivity index (χ2v) is 5.91. The third kappa shape index (κ3) is 1.10. The lowest BCUT2D eigenvalue weighted by molar-refractivity contribution is -0.128. The number of hydrogen-bond acceptors (Lipinski definition) is 1. The minimum atomic E-state index is -0.0208. The average molecular weight is 168 g/mol. The highest BCUT2D eigenvalue weighted by atomic mass is 16.3. The van der Waals surface area contributed by atoms with Crippen LogP contribution in [0.3, 0.4) is 0 Å². The largest absolute Gasteiger partial charge is 0.393 e. The minimum absolute atomic E-state index is 0.0208. The van der Waals surface area contributed by atoms with Crippen molar-refractivity contribution in [2.24, 2.45) is 16.7 Å². The molecule has 2 rings (SSSR count). The first kappa shape index (κ1) is 8.55. The molecule has 2 fully saturated rings. The molecule has 70 valence electrons. The summed E-state index contributed by atoms with van der Waals surface area (Å²) in [6.45, 7) is 6.93. The summed E-state index contributed by atoms with van der Waals surface area (Å²) in [7, 11) is 0. The van der Waals surface area contributed by atoms with E-state index in [1.54, 1.807) is 0 Å². The molecule has 0 spiro atoms. The Hall–Kier alpha value is -0.0400. The van der Waals surface area contributed by atoms with E-state index in [4.69, 9.17) is 0 Å². The van der Waals surface area contributed by atoms with Gasteiger partial charge in [-0.15, -0.1) is 0 Å². The maximum atomic E-state index is 9.90. The number of hydrogen-bond donors (Lipinski definition) is 1. The number of rotatable bonds is 0. The van der Waals surface area contributed by atoms with E-state index < -0.39 is 0 Å². The Morgan fingerprint density at radius 3 is 2.33 bits per heavy atom. The molecule has 0 heterocycles. The standard InChI is InChI=1S/C11H20O/c1-10(2)6-9(12)8-4-5-11(8,3)7-10/h8-9,12H,4-7H2,1-3H3. The summed E-state index contributed by atoms with van der Waals surface area (Å²) in [5, 5.41) is 9.90. The molecule has 0 aromatic rings. The van der Waals surface area contributed by atoms with Gasteiger partial charge in [-0.2, -0.15) is 0 Å². The van der Waals surface area contributed by atoms with Crippen LogP contribution in [0.1, 0.15) is 46.5 Å². The SMILES string of the molecule is CC1(C)CC(O)C2CCC2(C)C1. The van der Waals surface area contributed by atoms with Crippen molar-refractivity contribution in [2.75, 3.05) is 0 Å². The predicted molar refractivity (Wildman–Crippen MR) is 49.9 cm³/mol. The molecule has 1 heteroatoms. The molecular weight excluding hydrogens is 148 g/mol. The lowest BCUT2D eigenvalue weighted by atomic mass is 9.49. The van der Waals surface area contributed by atoms with Crippen LogP contribution < -0.4 is 0 Å². The van der Waals surface area contributed by atoms with Crippen molar-refractivity contribution in [1.29, 1.82) is 0 Å². The molecule has 1 N–H and O–H groups in total. The van der Waals surface area contributed by atoms with Crippen molar-refractivity contribution in [3.63, 3.8) is 0 Å². The quantitative estimate of drug-likeness (QED) is 0.589. The van der Waals surface area contributed by atoms with E-state index in [1.165, 1.54) is 19.3 Å². The fourth-order valence-corrected chi connectivity index (χ4v) is 3.55. The molecule has 2 aliphatic rings. The zero-order valence-corrected chi connectivity index (χ0v) is 8.43. The summed E-state index contributed by atoms with van der Waals surface area (Å²) in [6, 6.07) is 0. The molecule has 3 atom stereocenters. The first-order chi connectivity index (χ1) is 5.43. The summed E-state index contributed by atoms with van der Waals surface area (Å²) in [5.41, 5.74) is 0.840. The molecule has 0 amide bonds. The summed E-state index contributed by atoms with van der Waals surface area (Å²) in [4.78, 5) is 0. The molecule has 1 nitrogen and oxygen atoms in total. The Morgan fingerprint density at radius 1 is 1.25 bits per heavy atom. The van der Waals surface area contributed by atoms with Gasteiger partial charge in [-0.3, -0.25) is 0 Å². The van der Waals surface area contributed by atoms with Gasteiger partial charge in [-0.25, -0.2) is 0 Å². The molecule has 3 unspecified atom stereocenters. The first-order valence-corrected chi connectivity index (χ1v) is 5.11. The second kappa shape index (κ2) is 2.25. The highest BCUT2D eigenvalue weighted by Gasteiger charge is 2.53. The normalized spacial score (nSPS) is 51.0. The van der Waals surface area contributed by atoms with Gasteiger partial charge >= 0.3 is 0 Å². The fraction of sp³-hybridized carbons (Fsp3) is 1.00. The van der Waals surface area contributed by atoms with Gasteiger partial charge in [0.2, 0.25) is 0 Å². The summed E-state index contributed by atoms with van der Waals surface area (Å²) >= 11 is 0. The summed E-state index contributed by atoms with van der Waals surface area (Å²) < 4.78 is 0. The van der Waals surface area contributed by atoms with Crippen LogP contribution in [0.25, 0.3) is 0 Å². The predicted octanol–water partition coefficient (Wildman–Crippen LogP) is 2.58. The molecule has 0 aromatic heterocycles.